The molecule has 188 valence electrons. The molecule has 0 bridgehead atoms. The number of rotatable bonds is 8. The minimum atomic E-state index is -0.828. The maximum absolute atomic E-state index is 13.8. The van der Waals surface area contributed by atoms with E-state index in [0.717, 1.165) is 36.1 Å². The number of piperidine rings is 1. The Morgan fingerprint density at radius 1 is 0.972 bits per heavy atom. The van der Waals surface area contributed by atoms with Gasteiger partial charge in [0.25, 0.3) is 5.91 Å². The Kier molecular flexibility index (Phi) is 6.89. The molecule has 2 aliphatic heterocycles. The van der Waals surface area contributed by atoms with Gasteiger partial charge in [-0.25, -0.2) is 4.79 Å². The molecule has 2 saturated heterocycles. The molecule has 0 radical (unpaired) electrons. The predicted octanol–water partition coefficient (Wildman–Crippen LogP) is 3.69. The quantitative estimate of drug-likeness (QED) is 0.450. The van der Waals surface area contributed by atoms with Crippen molar-refractivity contribution in [2.24, 2.45) is 0 Å². The molecule has 8 heteroatoms. The molecule has 5 rings (SSSR count). The summed E-state index contributed by atoms with van der Waals surface area (Å²) >= 11 is 0. The number of carbonyl (C=O) groups excluding carboxylic acids is 2. The van der Waals surface area contributed by atoms with Crippen molar-refractivity contribution < 1.29 is 19.1 Å². The summed E-state index contributed by atoms with van der Waals surface area (Å²) in [5, 5.41) is 1.15. The van der Waals surface area contributed by atoms with Gasteiger partial charge in [0.1, 0.15) is 11.3 Å². The smallest absolute Gasteiger partial charge is 0.328 e. The maximum atomic E-state index is 13.8. The molecule has 3 aromatic rings. The maximum Gasteiger partial charge on any atom is 0.328 e. The van der Waals surface area contributed by atoms with E-state index in [-0.39, 0.29) is 18.5 Å². The van der Waals surface area contributed by atoms with Crippen molar-refractivity contribution in [3.05, 3.63) is 71.9 Å². The zero-order valence-electron chi connectivity index (χ0n) is 20.9. The summed E-state index contributed by atoms with van der Waals surface area (Å²) in [4.78, 5) is 37.3. The van der Waals surface area contributed by atoms with Gasteiger partial charge in [-0.3, -0.25) is 19.6 Å². The first-order chi connectivity index (χ1) is 17.6. The number of imide groups is 1. The first kappa shape index (κ1) is 24.2. The van der Waals surface area contributed by atoms with E-state index in [1.54, 1.807) is 19.1 Å². The summed E-state index contributed by atoms with van der Waals surface area (Å²) in [6.45, 7) is 3.25. The molecule has 3 amide bonds. The van der Waals surface area contributed by atoms with E-state index in [0.29, 0.717) is 31.7 Å². The average Bonchev–Trinajstić information content (AvgIpc) is 3.10. The monoisotopic (exact) mass is 488 g/mol. The zero-order chi connectivity index (χ0) is 25.1. The third-order valence-corrected chi connectivity index (χ3v) is 7.43. The van der Waals surface area contributed by atoms with Crippen LogP contribution < -0.4 is 4.74 Å². The molecule has 0 saturated carbocycles. The van der Waals surface area contributed by atoms with E-state index >= 15 is 0 Å². The molecule has 0 aliphatic carbocycles. The number of amides is 3. The molecule has 0 N–H and O–H groups in total. The van der Waals surface area contributed by atoms with Crippen LogP contribution in [0, 0.1) is 0 Å². The number of urea groups is 1. The number of nitrogens with zero attached hydrogens (tertiary/aromatic N) is 4. The molecule has 1 aromatic heterocycles. The third-order valence-electron chi connectivity index (χ3n) is 7.43. The summed E-state index contributed by atoms with van der Waals surface area (Å²) in [6, 6.07) is 17.5. The largest absolute Gasteiger partial charge is 0.497 e. The summed E-state index contributed by atoms with van der Waals surface area (Å²) in [5.41, 5.74) is 2.24. The van der Waals surface area contributed by atoms with E-state index in [1.165, 1.54) is 10.5 Å². The Morgan fingerprint density at radius 3 is 2.56 bits per heavy atom. The van der Waals surface area contributed by atoms with Crippen molar-refractivity contribution in [3.8, 4) is 5.75 Å². The van der Waals surface area contributed by atoms with E-state index in [4.69, 9.17) is 9.47 Å². The molecule has 1 spiro atoms. The average molecular weight is 489 g/mol. The van der Waals surface area contributed by atoms with Crippen LogP contribution in [-0.4, -0.2) is 77.6 Å². The summed E-state index contributed by atoms with van der Waals surface area (Å²) < 4.78 is 10.6. The number of fused-ring (bicyclic) bond motifs is 1. The van der Waals surface area contributed by atoms with Crippen molar-refractivity contribution >= 4 is 22.8 Å². The SMILES string of the molecule is COCCN1C(=O)N(Cc2cccc(OC)c2)C(=O)C12CCN(Cc1cccc3ncccc13)CC2. The number of likely N-dealkylation sites (tertiary alicyclic amines) is 1. The van der Waals surface area contributed by atoms with Gasteiger partial charge in [-0.15, -0.1) is 0 Å². The van der Waals surface area contributed by atoms with Gasteiger partial charge < -0.3 is 14.4 Å². The normalized spacial score (nSPS) is 17.9. The minimum Gasteiger partial charge on any atom is -0.497 e. The highest BCUT2D eigenvalue weighted by atomic mass is 16.5. The molecule has 2 fully saturated rings. The fourth-order valence-electron chi connectivity index (χ4n) is 5.48. The predicted molar refractivity (Wildman–Crippen MR) is 137 cm³/mol. The first-order valence-corrected chi connectivity index (χ1v) is 12.4. The van der Waals surface area contributed by atoms with Gasteiger partial charge in [0.15, 0.2) is 0 Å². The van der Waals surface area contributed by atoms with Crippen molar-refractivity contribution in [2.45, 2.75) is 31.5 Å². The number of aromatic nitrogens is 1. The Bertz CT molecular complexity index is 1250. The lowest BCUT2D eigenvalue weighted by Crippen LogP contribution is -2.57. The van der Waals surface area contributed by atoms with Gasteiger partial charge in [-0.2, -0.15) is 0 Å². The number of carbonyl (C=O) groups is 2. The molecule has 0 unspecified atom stereocenters. The van der Waals surface area contributed by atoms with Crippen molar-refractivity contribution in [1.29, 1.82) is 0 Å². The van der Waals surface area contributed by atoms with Crippen molar-refractivity contribution in [1.82, 2.24) is 19.7 Å². The highest BCUT2D eigenvalue weighted by Gasteiger charge is 2.57. The van der Waals surface area contributed by atoms with E-state index < -0.39 is 5.54 Å². The topological polar surface area (TPSA) is 75.2 Å². The number of hydrogen-bond acceptors (Lipinski definition) is 6. The number of ether oxygens (including phenoxy) is 2. The molecule has 0 atom stereocenters. The lowest BCUT2D eigenvalue weighted by atomic mass is 9.85. The van der Waals surface area contributed by atoms with Crippen LogP contribution in [0.5, 0.6) is 5.75 Å². The molecule has 8 nitrogen and oxygen atoms in total. The number of pyridine rings is 1. The molecular formula is C28H32N4O4. The molecule has 2 aliphatic rings. The Morgan fingerprint density at radius 2 is 1.78 bits per heavy atom. The molecule has 3 heterocycles. The summed E-state index contributed by atoms with van der Waals surface area (Å²) in [6.07, 6.45) is 3.00. The zero-order valence-corrected chi connectivity index (χ0v) is 20.9. The second kappa shape index (κ2) is 10.2. The third kappa shape index (κ3) is 4.42. The van der Waals surface area contributed by atoms with Gasteiger partial charge in [0.2, 0.25) is 0 Å². The lowest BCUT2D eigenvalue weighted by molar-refractivity contribution is -0.136. The van der Waals surface area contributed by atoms with E-state index in [2.05, 4.69) is 22.0 Å². The number of methoxy groups -OCH3 is 2. The van der Waals surface area contributed by atoms with Crippen LogP contribution in [0.4, 0.5) is 4.79 Å². The van der Waals surface area contributed by atoms with Crippen molar-refractivity contribution in [2.75, 3.05) is 40.5 Å². The van der Waals surface area contributed by atoms with Gasteiger partial charge in [0, 0.05) is 44.9 Å². The van der Waals surface area contributed by atoms with Crippen LogP contribution in [0.3, 0.4) is 0 Å². The van der Waals surface area contributed by atoms with Crippen LogP contribution in [0.2, 0.25) is 0 Å². The van der Waals surface area contributed by atoms with Gasteiger partial charge in [-0.1, -0.05) is 30.3 Å². The molecule has 36 heavy (non-hydrogen) atoms. The fraction of sp³-hybridized carbons (Fsp3) is 0.393. The van der Waals surface area contributed by atoms with Crippen LogP contribution in [-0.2, 0) is 22.6 Å². The standard InChI is InChI=1S/C28H32N4O4/c1-35-17-16-32-27(34)31(19-21-6-3-8-23(18-21)36-2)26(33)28(32)11-14-30(15-12-28)20-22-7-4-10-25-24(22)9-5-13-29-25/h3-10,13,18H,11-12,14-17,19-20H2,1-2H3. The van der Waals surface area contributed by atoms with Gasteiger partial charge in [-0.05, 0) is 48.2 Å². The van der Waals surface area contributed by atoms with E-state index in [1.807, 2.05) is 48.7 Å². The Hall–Kier alpha value is -3.49. The van der Waals surface area contributed by atoms with Crippen LogP contribution in [0.15, 0.2) is 60.8 Å². The lowest BCUT2D eigenvalue weighted by Gasteiger charge is -2.42. The molecular weight excluding hydrogens is 456 g/mol. The van der Waals surface area contributed by atoms with E-state index in [9.17, 15) is 9.59 Å². The van der Waals surface area contributed by atoms with Crippen LogP contribution in [0.25, 0.3) is 10.9 Å². The van der Waals surface area contributed by atoms with Gasteiger partial charge in [0.05, 0.1) is 25.8 Å². The van der Waals surface area contributed by atoms with Crippen molar-refractivity contribution in [3.63, 3.8) is 0 Å². The second-order valence-electron chi connectivity index (χ2n) is 9.46. The van der Waals surface area contributed by atoms with Crippen LogP contribution >= 0.6 is 0 Å². The fourth-order valence-corrected chi connectivity index (χ4v) is 5.48. The van der Waals surface area contributed by atoms with Gasteiger partial charge >= 0.3 is 6.03 Å². The number of benzene rings is 2. The molecule has 2 aromatic carbocycles. The second-order valence-corrected chi connectivity index (χ2v) is 9.46. The Labute approximate surface area is 211 Å². The first-order valence-electron chi connectivity index (χ1n) is 12.4. The Balaban J connectivity index is 1.34. The number of hydrogen-bond donors (Lipinski definition) is 0. The minimum absolute atomic E-state index is 0.111. The summed E-state index contributed by atoms with van der Waals surface area (Å²) in [5.74, 6) is 0.593. The highest BCUT2D eigenvalue weighted by Crippen LogP contribution is 2.38. The highest BCUT2D eigenvalue weighted by molar-refractivity contribution is 6.07. The van der Waals surface area contributed by atoms with Crippen LogP contribution in [0.1, 0.15) is 24.0 Å². The summed E-state index contributed by atoms with van der Waals surface area (Å²) in [7, 11) is 3.22.